The van der Waals surface area contributed by atoms with Gasteiger partial charge < -0.3 is 14.2 Å². The molecule has 0 N–H and O–H groups in total. The first kappa shape index (κ1) is 20.1. The molecule has 12 heteroatoms. The second-order valence-electron chi connectivity index (χ2n) is 5.79. The van der Waals surface area contributed by atoms with E-state index in [1.54, 1.807) is 0 Å². The SMILES string of the molecule is COc1cncc(OC2CCN(S(=O)(=O)c3ccccc3OC(F)(F)F)C2)n1. The van der Waals surface area contributed by atoms with Crippen LogP contribution in [0.1, 0.15) is 6.42 Å². The van der Waals surface area contributed by atoms with Crippen LogP contribution >= 0.6 is 0 Å². The lowest BCUT2D eigenvalue weighted by Crippen LogP contribution is -2.32. The van der Waals surface area contributed by atoms with E-state index in [-0.39, 0.29) is 24.8 Å². The van der Waals surface area contributed by atoms with Gasteiger partial charge in [0.1, 0.15) is 16.7 Å². The number of halogens is 3. The Morgan fingerprint density at radius 2 is 1.89 bits per heavy atom. The molecular weight excluding hydrogens is 403 g/mol. The molecule has 1 saturated heterocycles. The summed E-state index contributed by atoms with van der Waals surface area (Å²) in [6.07, 6.45) is -2.47. The Morgan fingerprint density at radius 3 is 2.61 bits per heavy atom. The number of nitrogens with zero attached hydrogens (tertiary/aromatic N) is 3. The van der Waals surface area contributed by atoms with Crippen molar-refractivity contribution in [2.75, 3.05) is 20.2 Å². The van der Waals surface area contributed by atoms with Gasteiger partial charge in [-0.15, -0.1) is 13.2 Å². The Kier molecular flexibility index (Phi) is 5.61. The fourth-order valence-electron chi connectivity index (χ4n) is 2.68. The van der Waals surface area contributed by atoms with E-state index in [0.717, 1.165) is 16.4 Å². The Balaban J connectivity index is 1.75. The number of rotatable bonds is 6. The van der Waals surface area contributed by atoms with Gasteiger partial charge in [-0.05, 0) is 18.6 Å². The number of ether oxygens (including phenoxy) is 3. The molecule has 1 aromatic heterocycles. The molecule has 1 unspecified atom stereocenters. The van der Waals surface area contributed by atoms with E-state index in [1.165, 1.54) is 31.6 Å². The van der Waals surface area contributed by atoms with Gasteiger partial charge in [-0.2, -0.15) is 9.29 Å². The molecule has 1 atom stereocenters. The van der Waals surface area contributed by atoms with Crippen molar-refractivity contribution in [3.05, 3.63) is 36.7 Å². The zero-order valence-electron chi connectivity index (χ0n) is 14.6. The smallest absolute Gasteiger partial charge is 0.480 e. The third-order valence-electron chi connectivity index (χ3n) is 3.89. The van der Waals surface area contributed by atoms with E-state index >= 15 is 0 Å². The summed E-state index contributed by atoms with van der Waals surface area (Å²) in [5.41, 5.74) is 0. The van der Waals surface area contributed by atoms with Crippen molar-refractivity contribution >= 4 is 10.0 Å². The largest absolute Gasteiger partial charge is 0.573 e. The summed E-state index contributed by atoms with van der Waals surface area (Å²) in [6.45, 7) is 0.0202. The van der Waals surface area contributed by atoms with Crippen molar-refractivity contribution in [1.29, 1.82) is 0 Å². The Hall–Kier alpha value is -2.60. The molecule has 2 heterocycles. The topological polar surface area (TPSA) is 90.9 Å². The van der Waals surface area contributed by atoms with Gasteiger partial charge in [0.05, 0.1) is 26.0 Å². The predicted molar refractivity (Wildman–Crippen MR) is 89.5 cm³/mol. The van der Waals surface area contributed by atoms with Crippen LogP contribution in [-0.4, -0.2) is 55.4 Å². The Morgan fingerprint density at radius 1 is 1.18 bits per heavy atom. The molecule has 3 rings (SSSR count). The van der Waals surface area contributed by atoms with Gasteiger partial charge in [-0.1, -0.05) is 12.1 Å². The van der Waals surface area contributed by atoms with Crippen LogP contribution in [0.2, 0.25) is 0 Å². The number of alkyl halides is 3. The van der Waals surface area contributed by atoms with Crippen LogP contribution in [0, 0.1) is 0 Å². The van der Waals surface area contributed by atoms with Crippen LogP contribution in [0.15, 0.2) is 41.6 Å². The third kappa shape index (κ3) is 4.62. The molecule has 0 radical (unpaired) electrons. The lowest BCUT2D eigenvalue weighted by atomic mass is 10.3. The van der Waals surface area contributed by atoms with Crippen LogP contribution in [0.25, 0.3) is 0 Å². The van der Waals surface area contributed by atoms with Crippen molar-refractivity contribution in [1.82, 2.24) is 14.3 Å². The Bertz CT molecular complexity index is 939. The number of hydrogen-bond donors (Lipinski definition) is 0. The molecule has 2 aromatic rings. The van der Waals surface area contributed by atoms with Crippen LogP contribution in [0.5, 0.6) is 17.5 Å². The zero-order chi connectivity index (χ0) is 20.4. The number of methoxy groups -OCH3 is 1. The van der Waals surface area contributed by atoms with Gasteiger partial charge in [0.15, 0.2) is 0 Å². The van der Waals surface area contributed by atoms with E-state index in [2.05, 4.69) is 14.7 Å². The number of aromatic nitrogens is 2. The van der Waals surface area contributed by atoms with Gasteiger partial charge in [0.25, 0.3) is 0 Å². The first-order chi connectivity index (χ1) is 13.2. The van der Waals surface area contributed by atoms with Crippen molar-refractivity contribution in [3.63, 3.8) is 0 Å². The van der Waals surface area contributed by atoms with Gasteiger partial charge in [-0.25, -0.2) is 8.42 Å². The summed E-state index contributed by atoms with van der Waals surface area (Å²) in [6, 6.07) is 4.61. The molecule has 1 aliphatic rings. The number of sulfonamides is 1. The molecule has 0 spiro atoms. The van der Waals surface area contributed by atoms with E-state index < -0.39 is 33.1 Å². The minimum absolute atomic E-state index is 0.0540. The maximum absolute atomic E-state index is 12.8. The van der Waals surface area contributed by atoms with Crippen molar-refractivity contribution < 1.29 is 35.8 Å². The highest BCUT2D eigenvalue weighted by atomic mass is 32.2. The highest BCUT2D eigenvalue weighted by Gasteiger charge is 2.38. The summed E-state index contributed by atoms with van der Waals surface area (Å²) >= 11 is 0. The molecule has 8 nitrogen and oxygen atoms in total. The standard InChI is InChI=1S/C16H16F3N3O5S/c1-25-14-8-20-9-15(21-14)26-11-6-7-22(10-11)28(23,24)13-5-3-2-4-12(13)27-16(17,18)19/h2-5,8-9,11H,6-7,10H2,1H3. The third-order valence-corrected chi connectivity index (χ3v) is 5.79. The molecular formula is C16H16F3N3O5S. The molecule has 0 bridgehead atoms. The molecule has 28 heavy (non-hydrogen) atoms. The second-order valence-corrected chi connectivity index (χ2v) is 7.69. The van der Waals surface area contributed by atoms with Crippen LogP contribution in [-0.2, 0) is 10.0 Å². The summed E-state index contributed by atoms with van der Waals surface area (Å²) in [4.78, 5) is 7.36. The van der Waals surface area contributed by atoms with Gasteiger partial charge in [0, 0.05) is 6.54 Å². The maximum Gasteiger partial charge on any atom is 0.573 e. The van der Waals surface area contributed by atoms with E-state index in [4.69, 9.17) is 9.47 Å². The van der Waals surface area contributed by atoms with Crippen molar-refractivity contribution in [2.45, 2.75) is 23.8 Å². The molecule has 152 valence electrons. The minimum Gasteiger partial charge on any atom is -0.480 e. The molecule has 1 aromatic carbocycles. The first-order valence-electron chi connectivity index (χ1n) is 8.06. The van der Waals surface area contributed by atoms with Crippen LogP contribution in [0.3, 0.4) is 0 Å². The highest BCUT2D eigenvalue weighted by molar-refractivity contribution is 7.89. The summed E-state index contributed by atoms with van der Waals surface area (Å²) in [5, 5.41) is 0. The van der Waals surface area contributed by atoms with Crippen molar-refractivity contribution in [3.8, 4) is 17.5 Å². The highest BCUT2D eigenvalue weighted by Crippen LogP contribution is 2.33. The van der Waals surface area contributed by atoms with E-state index in [9.17, 15) is 21.6 Å². The van der Waals surface area contributed by atoms with Gasteiger partial charge >= 0.3 is 6.36 Å². The minimum atomic E-state index is -5.01. The number of hydrogen-bond acceptors (Lipinski definition) is 7. The average Bonchev–Trinajstić information content (AvgIpc) is 3.10. The number of benzene rings is 1. The first-order valence-corrected chi connectivity index (χ1v) is 9.50. The molecule has 0 saturated carbocycles. The normalized spacial score (nSPS) is 18.1. The second kappa shape index (κ2) is 7.80. The molecule has 0 aliphatic carbocycles. The number of para-hydroxylation sites is 1. The van der Waals surface area contributed by atoms with Crippen LogP contribution in [0.4, 0.5) is 13.2 Å². The maximum atomic E-state index is 12.8. The fourth-order valence-corrected chi connectivity index (χ4v) is 4.28. The monoisotopic (exact) mass is 419 g/mol. The average molecular weight is 419 g/mol. The Labute approximate surface area is 158 Å². The summed E-state index contributed by atoms with van der Waals surface area (Å²) in [5.74, 6) is -0.388. The molecule has 1 fully saturated rings. The fraction of sp³-hybridized carbons (Fsp3) is 0.375. The van der Waals surface area contributed by atoms with Gasteiger partial charge in [0.2, 0.25) is 21.8 Å². The predicted octanol–water partition coefficient (Wildman–Crippen LogP) is 2.23. The van der Waals surface area contributed by atoms with Crippen molar-refractivity contribution in [2.24, 2.45) is 0 Å². The molecule has 0 amide bonds. The van der Waals surface area contributed by atoms with E-state index in [1.807, 2.05) is 0 Å². The lowest BCUT2D eigenvalue weighted by molar-refractivity contribution is -0.275. The molecule has 1 aliphatic heterocycles. The van der Waals surface area contributed by atoms with Crippen LogP contribution < -0.4 is 14.2 Å². The zero-order valence-corrected chi connectivity index (χ0v) is 15.4. The summed E-state index contributed by atoms with van der Waals surface area (Å²) in [7, 11) is -2.80. The van der Waals surface area contributed by atoms with E-state index in [0.29, 0.717) is 6.42 Å². The van der Waals surface area contributed by atoms with Gasteiger partial charge in [-0.3, -0.25) is 4.98 Å². The quantitative estimate of drug-likeness (QED) is 0.709. The lowest BCUT2D eigenvalue weighted by Gasteiger charge is -2.19. The summed E-state index contributed by atoms with van der Waals surface area (Å²) < 4.78 is 78.8.